The third kappa shape index (κ3) is 26.1. The van der Waals surface area contributed by atoms with Crippen molar-refractivity contribution in [2.45, 2.75) is 37.8 Å². The third-order valence-electron chi connectivity index (χ3n) is 4.92. The fourth-order valence-corrected chi connectivity index (χ4v) is 2.76. The van der Waals surface area contributed by atoms with Gasteiger partial charge >= 0.3 is 5.97 Å². The maximum atomic E-state index is 11.9. The fraction of sp³-hybridized carbons (Fsp3) is 0.917. The molecular weight excluding hydrogens is 492 g/mol. The van der Waals surface area contributed by atoms with Gasteiger partial charge in [-0.2, -0.15) is 0 Å². The minimum absolute atomic E-state index is 0.114. The number of rotatable bonds is 30. The van der Waals surface area contributed by atoms with Crippen LogP contribution in [-0.2, 0) is 47.5 Å². The SMILES string of the molecule is COCCOCCOCCOCCOCCOCCOCCOCCC(=O)C(N)CCC[C@H](N)C(=O)O. The van der Waals surface area contributed by atoms with Crippen LogP contribution in [0.15, 0.2) is 0 Å². The first-order valence-electron chi connectivity index (χ1n) is 12.8. The molecule has 0 aliphatic rings. The average Bonchev–Trinajstić information content (AvgIpc) is 2.88. The van der Waals surface area contributed by atoms with Gasteiger partial charge in [-0.15, -0.1) is 0 Å². The molecule has 0 spiro atoms. The van der Waals surface area contributed by atoms with Crippen LogP contribution in [0.1, 0.15) is 25.7 Å². The van der Waals surface area contributed by atoms with E-state index >= 15 is 0 Å². The van der Waals surface area contributed by atoms with Gasteiger partial charge in [0, 0.05) is 13.5 Å². The van der Waals surface area contributed by atoms with Crippen molar-refractivity contribution in [3.63, 3.8) is 0 Å². The minimum atomic E-state index is -1.05. The summed E-state index contributed by atoms with van der Waals surface area (Å²) in [7, 11) is 1.63. The van der Waals surface area contributed by atoms with Crippen molar-refractivity contribution in [1.29, 1.82) is 0 Å². The lowest BCUT2D eigenvalue weighted by Gasteiger charge is -2.12. The number of nitrogens with two attached hydrogens (primary N) is 2. The molecule has 0 bridgehead atoms. The van der Waals surface area contributed by atoms with Gasteiger partial charge in [-0.25, -0.2) is 0 Å². The molecule has 0 aliphatic heterocycles. The molecule has 0 fully saturated rings. The molecular formula is C24H48N2O11. The largest absolute Gasteiger partial charge is 0.480 e. The van der Waals surface area contributed by atoms with Gasteiger partial charge in [0.05, 0.1) is 105 Å². The number of carboxylic acid groups (broad SMARTS) is 1. The Labute approximate surface area is 220 Å². The van der Waals surface area contributed by atoms with E-state index in [1.54, 1.807) is 7.11 Å². The van der Waals surface area contributed by atoms with E-state index in [9.17, 15) is 9.59 Å². The van der Waals surface area contributed by atoms with Crippen molar-refractivity contribution in [2.75, 3.05) is 106 Å². The lowest BCUT2D eigenvalue weighted by atomic mass is 10.0. The standard InChI is InChI=1S/C24H48N2O11/c1-30-7-8-32-11-12-34-15-16-36-19-20-37-18-17-35-14-13-33-10-9-31-6-5-23(27)21(25)3-2-4-22(26)24(28)29/h21-22H,2-20,25-26H2,1H3,(H,28,29)/t21?,22-/m0/s1. The van der Waals surface area contributed by atoms with Gasteiger partial charge in [-0.05, 0) is 19.3 Å². The van der Waals surface area contributed by atoms with E-state index in [1.807, 2.05) is 0 Å². The predicted molar refractivity (Wildman–Crippen MR) is 135 cm³/mol. The average molecular weight is 541 g/mol. The van der Waals surface area contributed by atoms with Gasteiger partial charge in [0.1, 0.15) is 6.04 Å². The van der Waals surface area contributed by atoms with Gasteiger partial charge < -0.3 is 54.5 Å². The molecule has 0 aromatic rings. The number of methoxy groups -OCH3 is 1. The first-order valence-corrected chi connectivity index (χ1v) is 12.8. The number of hydrogen-bond acceptors (Lipinski definition) is 12. The summed E-state index contributed by atoms with van der Waals surface area (Å²) in [5, 5.41) is 8.73. The zero-order valence-electron chi connectivity index (χ0n) is 22.3. The second-order valence-electron chi connectivity index (χ2n) is 7.98. The van der Waals surface area contributed by atoms with Crippen LogP contribution in [0.25, 0.3) is 0 Å². The summed E-state index contributed by atoms with van der Waals surface area (Å²) in [6.07, 6.45) is 1.39. The Bertz CT molecular complexity index is 529. The summed E-state index contributed by atoms with van der Waals surface area (Å²) < 4.78 is 42.5. The van der Waals surface area contributed by atoms with E-state index in [2.05, 4.69) is 0 Å². The monoisotopic (exact) mass is 540 g/mol. The normalized spacial score (nSPS) is 13.1. The van der Waals surface area contributed by atoms with Gasteiger partial charge in [0.2, 0.25) is 0 Å². The molecule has 1 unspecified atom stereocenters. The van der Waals surface area contributed by atoms with Crippen LogP contribution in [0.3, 0.4) is 0 Å². The van der Waals surface area contributed by atoms with Gasteiger partial charge in [-0.1, -0.05) is 0 Å². The number of carbonyl (C=O) groups excluding carboxylic acids is 1. The summed E-state index contributed by atoms with van der Waals surface area (Å²) in [6, 6.07) is -1.55. The van der Waals surface area contributed by atoms with Crippen LogP contribution in [-0.4, -0.2) is 135 Å². The van der Waals surface area contributed by atoms with E-state index in [0.717, 1.165) is 0 Å². The molecule has 13 heteroatoms. The maximum Gasteiger partial charge on any atom is 0.320 e. The quantitative estimate of drug-likeness (QED) is 0.100. The molecule has 0 amide bonds. The van der Waals surface area contributed by atoms with Crippen LogP contribution in [0.4, 0.5) is 0 Å². The lowest BCUT2D eigenvalue weighted by molar-refractivity contribution is -0.138. The Morgan fingerprint density at radius 1 is 0.568 bits per heavy atom. The molecule has 0 saturated heterocycles. The van der Waals surface area contributed by atoms with Gasteiger partial charge in [-0.3, -0.25) is 9.59 Å². The number of carboxylic acids is 1. The van der Waals surface area contributed by atoms with E-state index in [0.29, 0.717) is 112 Å². The summed E-state index contributed by atoms with van der Waals surface area (Å²) in [4.78, 5) is 22.6. The number of ether oxygens (including phenoxy) is 8. The molecule has 37 heavy (non-hydrogen) atoms. The molecule has 0 aromatic heterocycles. The first-order chi connectivity index (χ1) is 18.0. The topological polar surface area (TPSA) is 180 Å². The van der Waals surface area contributed by atoms with Crippen LogP contribution in [0.5, 0.6) is 0 Å². The number of aliphatic carboxylic acids is 1. The zero-order chi connectivity index (χ0) is 27.4. The predicted octanol–water partition coefficient (Wildman–Crippen LogP) is -0.382. The molecule has 0 aromatic carbocycles. The molecule has 0 saturated carbocycles. The molecule has 2 atom stereocenters. The molecule has 5 N–H and O–H groups in total. The number of Topliss-reactive ketones (excluding diaryl/α,β-unsaturated/α-hetero) is 1. The van der Waals surface area contributed by atoms with Crippen LogP contribution >= 0.6 is 0 Å². The molecule has 0 rings (SSSR count). The van der Waals surface area contributed by atoms with E-state index in [1.165, 1.54) is 0 Å². The summed E-state index contributed by atoms with van der Waals surface area (Å²) in [6.45, 7) is 7.10. The van der Waals surface area contributed by atoms with E-state index in [-0.39, 0.29) is 18.8 Å². The van der Waals surface area contributed by atoms with Crippen LogP contribution in [0, 0.1) is 0 Å². The van der Waals surface area contributed by atoms with Gasteiger partial charge in [0.25, 0.3) is 0 Å². The highest BCUT2D eigenvalue weighted by Crippen LogP contribution is 2.04. The smallest absolute Gasteiger partial charge is 0.320 e. The number of ketones is 1. The van der Waals surface area contributed by atoms with Gasteiger partial charge in [0.15, 0.2) is 5.78 Å². The molecule has 13 nitrogen and oxygen atoms in total. The Hall–Kier alpha value is -1.26. The van der Waals surface area contributed by atoms with Crippen molar-refractivity contribution in [3.05, 3.63) is 0 Å². The van der Waals surface area contributed by atoms with Crippen molar-refractivity contribution in [2.24, 2.45) is 11.5 Å². The Kier molecular flexibility index (Phi) is 26.8. The van der Waals surface area contributed by atoms with E-state index < -0.39 is 18.1 Å². The first kappa shape index (κ1) is 35.7. The Morgan fingerprint density at radius 2 is 0.892 bits per heavy atom. The van der Waals surface area contributed by atoms with Crippen LogP contribution in [0.2, 0.25) is 0 Å². The summed E-state index contributed by atoms with van der Waals surface area (Å²) in [5.74, 6) is -1.17. The van der Waals surface area contributed by atoms with Crippen LogP contribution < -0.4 is 11.5 Å². The highest BCUT2D eigenvalue weighted by Gasteiger charge is 2.16. The number of hydrogen-bond donors (Lipinski definition) is 3. The lowest BCUT2D eigenvalue weighted by Crippen LogP contribution is -2.33. The minimum Gasteiger partial charge on any atom is -0.480 e. The van der Waals surface area contributed by atoms with Crippen molar-refractivity contribution >= 4 is 11.8 Å². The van der Waals surface area contributed by atoms with Crippen molar-refractivity contribution < 1.29 is 52.6 Å². The van der Waals surface area contributed by atoms with Crippen molar-refractivity contribution in [3.8, 4) is 0 Å². The zero-order valence-corrected chi connectivity index (χ0v) is 22.3. The molecule has 220 valence electrons. The second-order valence-corrected chi connectivity index (χ2v) is 7.98. The summed E-state index contributed by atoms with van der Waals surface area (Å²) in [5.41, 5.74) is 11.2. The fourth-order valence-electron chi connectivity index (χ4n) is 2.76. The number of carbonyl (C=O) groups is 2. The third-order valence-corrected chi connectivity index (χ3v) is 4.92. The Balaban J connectivity index is 3.24. The Morgan fingerprint density at radius 3 is 1.24 bits per heavy atom. The molecule has 0 heterocycles. The highest BCUT2D eigenvalue weighted by molar-refractivity contribution is 5.83. The molecule has 0 aliphatic carbocycles. The second kappa shape index (κ2) is 27.8. The highest BCUT2D eigenvalue weighted by atomic mass is 16.6. The summed E-state index contributed by atoms with van der Waals surface area (Å²) >= 11 is 0. The molecule has 0 radical (unpaired) electrons. The van der Waals surface area contributed by atoms with E-state index in [4.69, 9.17) is 54.5 Å². The van der Waals surface area contributed by atoms with Crippen molar-refractivity contribution in [1.82, 2.24) is 0 Å². The maximum absolute atomic E-state index is 11.9.